The van der Waals surface area contributed by atoms with Crippen molar-refractivity contribution in [3.05, 3.63) is 58.4 Å². The van der Waals surface area contributed by atoms with E-state index in [1.807, 2.05) is 0 Å². The van der Waals surface area contributed by atoms with Crippen molar-refractivity contribution in [2.24, 2.45) is 0 Å². The molecule has 0 fully saturated rings. The Balaban J connectivity index is 1.69. The molecule has 0 saturated carbocycles. The van der Waals surface area contributed by atoms with Crippen LogP contribution in [0.25, 0.3) is 0 Å². The second-order valence-electron chi connectivity index (χ2n) is 5.95. The summed E-state index contributed by atoms with van der Waals surface area (Å²) in [6, 6.07) is 5.84. The van der Waals surface area contributed by atoms with Crippen molar-refractivity contribution in [3.8, 4) is 0 Å². The molecule has 1 N–H and O–H groups in total. The van der Waals surface area contributed by atoms with Gasteiger partial charge in [0.1, 0.15) is 18.2 Å². The van der Waals surface area contributed by atoms with E-state index in [2.05, 4.69) is 20.5 Å². The minimum atomic E-state index is -0.584. The molecule has 2 aromatic heterocycles. The first-order valence-corrected chi connectivity index (χ1v) is 8.39. The third-order valence-corrected chi connectivity index (χ3v) is 4.59. The maximum Gasteiger partial charge on any atom is 0.251 e. The van der Waals surface area contributed by atoms with Crippen molar-refractivity contribution in [3.63, 3.8) is 0 Å². The number of aryl methyl sites for hydroxylation is 1. The third-order valence-electron chi connectivity index (χ3n) is 4.04. The number of hydrogen-bond donors (Lipinski definition) is 1. The molecule has 2 heterocycles. The van der Waals surface area contributed by atoms with Gasteiger partial charge in [-0.2, -0.15) is 5.10 Å². The van der Waals surface area contributed by atoms with E-state index in [4.69, 9.17) is 11.6 Å². The van der Waals surface area contributed by atoms with Gasteiger partial charge in [-0.25, -0.2) is 14.1 Å². The van der Waals surface area contributed by atoms with E-state index in [-0.39, 0.29) is 24.2 Å². The smallest absolute Gasteiger partial charge is 0.251 e. The molecule has 0 radical (unpaired) electrons. The number of amides is 1. The van der Waals surface area contributed by atoms with Gasteiger partial charge in [-0.05, 0) is 26.8 Å². The Morgan fingerprint density at radius 3 is 2.69 bits per heavy atom. The summed E-state index contributed by atoms with van der Waals surface area (Å²) in [5.74, 6) is -0.495. The average Bonchev–Trinajstić information content (AvgIpc) is 3.16. The summed E-state index contributed by atoms with van der Waals surface area (Å²) in [5, 5.41) is 11.6. The summed E-state index contributed by atoms with van der Waals surface area (Å²) in [6.45, 7) is 5.51. The molecule has 136 valence electrons. The number of nitrogens with zero attached hydrogens (tertiary/aromatic N) is 5. The van der Waals surface area contributed by atoms with Crippen molar-refractivity contribution in [2.75, 3.05) is 5.32 Å². The highest BCUT2D eigenvalue weighted by Gasteiger charge is 2.21. The number of halogens is 2. The molecule has 1 unspecified atom stereocenters. The largest absolute Gasteiger partial charge is 0.291 e. The summed E-state index contributed by atoms with van der Waals surface area (Å²) >= 11 is 6.13. The standard InChI is InChI=1S/C17H18ClFN6O/c1-10-15(18)11(2)25(22-10)12(3)16(26)21-17-20-9-24(23-17)8-13-6-4-5-7-14(13)19/h4-7,9,12H,8H2,1-3H3,(H,21,23,26). The van der Waals surface area contributed by atoms with Crippen LogP contribution in [-0.2, 0) is 11.3 Å². The lowest BCUT2D eigenvalue weighted by Gasteiger charge is -2.13. The number of aromatic nitrogens is 5. The normalized spacial score (nSPS) is 12.2. The van der Waals surface area contributed by atoms with E-state index in [0.717, 1.165) is 0 Å². The molecule has 0 aliphatic rings. The van der Waals surface area contributed by atoms with Gasteiger partial charge >= 0.3 is 0 Å². The quantitative estimate of drug-likeness (QED) is 0.742. The highest BCUT2D eigenvalue weighted by molar-refractivity contribution is 6.31. The minimum absolute atomic E-state index is 0.144. The van der Waals surface area contributed by atoms with Crippen LogP contribution in [0, 0.1) is 19.7 Å². The van der Waals surface area contributed by atoms with Crippen LogP contribution >= 0.6 is 11.6 Å². The van der Waals surface area contributed by atoms with Crippen LogP contribution in [-0.4, -0.2) is 30.5 Å². The predicted octanol–water partition coefficient (Wildman–Crippen LogP) is 3.13. The molecule has 7 nitrogen and oxygen atoms in total. The van der Waals surface area contributed by atoms with Crippen LogP contribution in [0.15, 0.2) is 30.6 Å². The van der Waals surface area contributed by atoms with Crippen LogP contribution < -0.4 is 5.32 Å². The van der Waals surface area contributed by atoms with Gasteiger partial charge in [-0.1, -0.05) is 29.8 Å². The van der Waals surface area contributed by atoms with Crippen LogP contribution in [0.1, 0.15) is 29.9 Å². The van der Waals surface area contributed by atoms with E-state index in [9.17, 15) is 9.18 Å². The lowest BCUT2D eigenvalue weighted by Crippen LogP contribution is -2.25. The van der Waals surface area contributed by atoms with Gasteiger partial charge in [-0.15, -0.1) is 5.10 Å². The maximum absolute atomic E-state index is 13.7. The van der Waals surface area contributed by atoms with Gasteiger partial charge < -0.3 is 0 Å². The number of anilines is 1. The zero-order chi connectivity index (χ0) is 18.8. The van der Waals surface area contributed by atoms with E-state index in [1.165, 1.54) is 17.1 Å². The Bertz CT molecular complexity index is 951. The third kappa shape index (κ3) is 3.60. The van der Waals surface area contributed by atoms with Crippen molar-refractivity contribution in [1.82, 2.24) is 24.5 Å². The number of benzene rings is 1. The molecule has 1 aromatic carbocycles. The van der Waals surface area contributed by atoms with Gasteiger partial charge in [0.25, 0.3) is 5.91 Å². The topological polar surface area (TPSA) is 77.6 Å². The zero-order valence-corrected chi connectivity index (χ0v) is 15.3. The number of carbonyl (C=O) groups excluding carboxylic acids is 1. The van der Waals surface area contributed by atoms with E-state index < -0.39 is 6.04 Å². The molecule has 3 rings (SSSR count). The van der Waals surface area contributed by atoms with Gasteiger partial charge in [0.15, 0.2) is 0 Å². The maximum atomic E-state index is 13.7. The highest BCUT2D eigenvalue weighted by atomic mass is 35.5. The van der Waals surface area contributed by atoms with Crippen molar-refractivity contribution < 1.29 is 9.18 Å². The SMILES string of the molecule is Cc1nn(C(C)C(=O)Nc2ncn(Cc3ccccc3F)n2)c(C)c1Cl. The summed E-state index contributed by atoms with van der Waals surface area (Å²) in [4.78, 5) is 16.5. The van der Waals surface area contributed by atoms with Gasteiger partial charge in [-0.3, -0.25) is 14.8 Å². The number of rotatable bonds is 5. The molecule has 26 heavy (non-hydrogen) atoms. The molecule has 0 aliphatic carbocycles. The summed E-state index contributed by atoms with van der Waals surface area (Å²) < 4.78 is 16.7. The Morgan fingerprint density at radius 2 is 2.04 bits per heavy atom. The fourth-order valence-corrected chi connectivity index (χ4v) is 2.70. The molecule has 9 heteroatoms. The Morgan fingerprint density at radius 1 is 1.31 bits per heavy atom. The molecular weight excluding hydrogens is 359 g/mol. The zero-order valence-electron chi connectivity index (χ0n) is 14.6. The molecule has 0 bridgehead atoms. The van der Waals surface area contributed by atoms with Gasteiger partial charge in [0, 0.05) is 5.56 Å². The Kier molecular flexibility index (Phi) is 5.03. The molecule has 0 spiro atoms. The molecule has 0 saturated heterocycles. The van der Waals surface area contributed by atoms with E-state index in [1.54, 1.807) is 43.7 Å². The summed E-state index contributed by atoms with van der Waals surface area (Å²) in [5.41, 5.74) is 1.86. The lowest BCUT2D eigenvalue weighted by molar-refractivity contribution is -0.119. The Hall–Kier alpha value is -2.74. The first-order chi connectivity index (χ1) is 12.4. The molecular formula is C17H18ClFN6O. The monoisotopic (exact) mass is 376 g/mol. The van der Waals surface area contributed by atoms with Crippen molar-refractivity contribution in [1.29, 1.82) is 0 Å². The molecule has 1 atom stereocenters. The van der Waals surface area contributed by atoms with Crippen LogP contribution in [0.3, 0.4) is 0 Å². The van der Waals surface area contributed by atoms with E-state index in [0.29, 0.717) is 22.0 Å². The predicted molar refractivity (Wildman–Crippen MR) is 95.6 cm³/mol. The van der Waals surface area contributed by atoms with Crippen molar-refractivity contribution >= 4 is 23.5 Å². The lowest BCUT2D eigenvalue weighted by atomic mass is 10.2. The van der Waals surface area contributed by atoms with Gasteiger partial charge in [0.05, 0.1) is 23.0 Å². The second-order valence-corrected chi connectivity index (χ2v) is 6.33. The van der Waals surface area contributed by atoms with E-state index >= 15 is 0 Å². The highest BCUT2D eigenvalue weighted by Crippen LogP contribution is 2.22. The number of nitrogens with one attached hydrogen (secondary N) is 1. The fourth-order valence-electron chi connectivity index (χ4n) is 2.57. The summed E-state index contributed by atoms with van der Waals surface area (Å²) in [7, 11) is 0. The first kappa shape index (κ1) is 18.1. The molecule has 3 aromatic rings. The molecule has 1 amide bonds. The van der Waals surface area contributed by atoms with Crippen LogP contribution in [0.5, 0.6) is 0 Å². The van der Waals surface area contributed by atoms with Crippen molar-refractivity contribution in [2.45, 2.75) is 33.4 Å². The fraction of sp³-hybridized carbons (Fsp3) is 0.294. The van der Waals surface area contributed by atoms with Crippen LogP contribution in [0.4, 0.5) is 10.3 Å². The molecule has 0 aliphatic heterocycles. The average molecular weight is 377 g/mol. The van der Waals surface area contributed by atoms with Gasteiger partial charge in [0.2, 0.25) is 5.95 Å². The number of hydrogen-bond acceptors (Lipinski definition) is 4. The number of carbonyl (C=O) groups is 1. The minimum Gasteiger partial charge on any atom is -0.291 e. The Labute approximate surface area is 154 Å². The van der Waals surface area contributed by atoms with Crippen LogP contribution in [0.2, 0.25) is 5.02 Å². The summed E-state index contributed by atoms with van der Waals surface area (Å²) in [6.07, 6.45) is 1.44. The first-order valence-electron chi connectivity index (χ1n) is 8.01. The second kappa shape index (κ2) is 7.25.